The number of ether oxygens (including phenoxy) is 1. The first kappa shape index (κ1) is 16.5. The molecule has 0 spiro atoms. The molecular weight excluding hydrogens is 282 g/mol. The van der Waals surface area contributed by atoms with E-state index in [9.17, 15) is 9.59 Å². The molecule has 0 saturated carbocycles. The molecule has 1 aliphatic rings. The molecule has 6 nitrogen and oxygen atoms in total. The zero-order chi connectivity index (χ0) is 16.1. The average molecular weight is 305 g/mol. The number of nitrogens with zero attached hydrogens (tertiary/aromatic N) is 2. The molecule has 1 fully saturated rings. The highest BCUT2D eigenvalue weighted by Gasteiger charge is 2.37. The van der Waals surface area contributed by atoms with Crippen LogP contribution in [0.1, 0.15) is 11.6 Å². The Morgan fingerprint density at radius 3 is 2.55 bits per heavy atom. The van der Waals surface area contributed by atoms with E-state index in [2.05, 4.69) is 5.32 Å². The Morgan fingerprint density at radius 2 is 1.91 bits per heavy atom. The number of carbonyl (C=O) groups excluding carboxylic acids is 2. The van der Waals surface area contributed by atoms with Crippen molar-refractivity contribution in [2.24, 2.45) is 0 Å². The second kappa shape index (κ2) is 7.38. The van der Waals surface area contributed by atoms with Gasteiger partial charge in [-0.25, -0.2) is 0 Å². The normalized spacial score (nSPS) is 21.5. The Labute approximate surface area is 131 Å². The molecule has 1 N–H and O–H groups in total. The van der Waals surface area contributed by atoms with Crippen LogP contribution in [0.3, 0.4) is 0 Å². The van der Waals surface area contributed by atoms with Gasteiger partial charge in [-0.3, -0.25) is 9.59 Å². The molecular formula is C16H23N3O3. The molecule has 1 aromatic rings. The van der Waals surface area contributed by atoms with Gasteiger partial charge in [-0.1, -0.05) is 30.3 Å². The number of hydrogen-bond donors (Lipinski definition) is 1. The number of hydrogen-bond acceptors (Lipinski definition) is 4. The molecule has 1 aromatic carbocycles. The number of carbonyl (C=O) groups is 2. The second-order valence-corrected chi connectivity index (χ2v) is 5.75. The largest absolute Gasteiger partial charge is 0.356 e. The van der Waals surface area contributed by atoms with Gasteiger partial charge in [-0.15, -0.1) is 0 Å². The Bertz CT molecular complexity index is 519. The third-order valence-corrected chi connectivity index (χ3v) is 3.67. The number of rotatable bonds is 5. The van der Waals surface area contributed by atoms with E-state index in [1.807, 2.05) is 49.3 Å². The first-order valence-electron chi connectivity index (χ1n) is 7.34. The highest BCUT2D eigenvalue weighted by Crippen LogP contribution is 2.23. The van der Waals surface area contributed by atoms with Crippen LogP contribution in [0.4, 0.5) is 0 Å². The molecule has 1 saturated heterocycles. The molecule has 0 aliphatic carbocycles. The number of likely N-dealkylation sites (N-methyl/N-ethyl adjacent to an activating group) is 2. The fourth-order valence-corrected chi connectivity index (χ4v) is 2.36. The summed E-state index contributed by atoms with van der Waals surface area (Å²) in [6.07, 6.45) is -0.688. The molecule has 0 bridgehead atoms. The Hall–Kier alpha value is -1.92. The minimum absolute atomic E-state index is 0.0821. The van der Waals surface area contributed by atoms with Crippen molar-refractivity contribution in [1.82, 2.24) is 15.1 Å². The first-order chi connectivity index (χ1) is 10.5. The monoisotopic (exact) mass is 305 g/mol. The standard InChI is InChI=1S/C16H23N3O3/c1-18(2)9-10-19(3)16(21)15-14(17-13(20)11-22-15)12-7-5-4-6-8-12/h4-8,14-15H,9-11H2,1-3H3,(H,17,20). The summed E-state index contributed by atoms with van der Waals surface area (Å²) >= 11 is 0. The maximum Gasteiger partial charge on any atom is 0.254 e. The summed E-state index contributed by atoms with van der Waals surface area (Å²) in [7, 11) is 5.68. The molecule has 1 heterocycles. The maximum absolute atomic E-state index is 12.6. The van der Waals surface area contributed by atoms with Crippen LogP contribution >= 0.6 is 0 Å². The van der Waals surface area contributed by atoms with Crippen LogP contribution in [0.2, 0.25) is 0 Å². The van der Waals surface area contributed by atoms with Crippen molar-refractivity contribution in [3.8, 4) is 0 Å². The fraction of sp³-hybridized carbons (Fsp3) is 0.500. The first-order valence-corrected chi connectivity index (χ1v) is 7.34. The lowest BCUT2D eigenvalue weighted by Crippen LogP contribution is -2.53. The predicted molar refractivity (Wildman–Crippen MR) is 83.3 cm³/mol. The summed E-state index contributed by atoms with van der Waals surface area (Å²) < 4.78 is 5.53. The summed E-state index contributed by atoms with van der Waals surface area (Å²) in [5.41, 5.74) is 0.870. The van der Waals surface area contributed by atoms with Crippen molar-refractivity contribution in [2.45, 2.75) is 12.1 Å². The molecule has 2 rings (SSSR count). The summed E-state index contributed by atoms with van der Waals surface area (Å²) in [4.78, 5) is 27.9. The second-order valence-electron chi connectivity index (χ2n) is 5.75. The van der Waals surface area contributed by atoms with E-state index in [0.717, 1.165) is 12.1 Å². The average Bonchev–Trinajstić information content (AvgIpc) is 2.52. The van der Waals surface area contributed by atoms with Crippen molar-refractivity contribution in [3.05, 3.63) is 35.9 Å². The molecule has 0 aromatic heterocycles. The summed E-state index contributed by atoms with van der Waals surface area (Å²) in [6, 6.07) is 8.99. The van der Waals surface area contributed by atoms with Gasteiger partial charge in [-0.05, 0) is 19.7 Å². The van der Waals surface area contributed by atoms with Crippen LogP contribution in [-0.4, -0.2) is 68.6 Å². The van der Waals surface area contributed by atoms with E-state index in [1.165, 1.54) is 0 Å². The third-order valence-electron chi connectivity index (χ3n) is 3.67. The molecule has 2 amide bonds. The van der Waals surface area contributed by atoms with Crippen molar-refractivity contribution in [1.29, 1.82) is 0 Å². The lowest BCUT2D eigenvalue weighted by molar-refractivity contribution is -0.154. The van der Waals surface area contributed by atoms with Gasteiger partial charge in [0.15, 0.2) is 6.10 Å². The van der Waals surface area contributed by atoms with Crippen molar-refractivity contribution < 1.29 is 14.3 Å². The van der Waals surface area contributed by atoms with Gasteiger partial charge in [0, 0.05) is 20.1 Å². The lowest BCUT2D eigenvalue weighted by Gasteiger charge is -2.34. The number of nitrogens with one attached hydrogen (secondary N) is 1. The van der Waals surface area contributed by atoms with Gasteiger partial charge in [0.05, 0.1) is 6.04 Å². The summed E-state index contributed by atoms with van der Waals surface area (Å²) in [5.74, 6) is -0.315. The Kier molecular flexibility index (Phi) is 5.51. The minimum atomic E-state index is -0.688. The van der Waals surface area contributed by atoms with Gasteiger partial charge in [0.25, 0.3) is 5.91 Å². The van der Waals surface area contributed by atoms with Gasteiger partial charge in [0.1, 0.15) is 6.61 Å². The number of amides is 2. The lowest BCUT2D eigenvalue weighted by atomic mass is 9.99. The van der Waals surface area contributed by atoms with Crippen LogP contribution in [-0.2, 0) is 14.3 Å². The van der Waals surface area contributed by atoms with Crippen LogP contribution in [0, 0.1) is 0 Å². The number of morpholine rings is 1. The van der Waals surface area contributed by atoms with Gasteiger partial charge in [-0.2, -0.15) is 0 Å². The summed E-state index contributed by atoms with van der Waals surface area (Å²) in [5, 5.41) is 2.86. The predicted octanol–water partition coefficient (Wildman–Crippen LogP) is 0.263. The fourth-order valence-electron chi connectivity index (χ4n) is 2.36. The van der Waals surface area contributed by atoms with Crippen LogP contribution in [0.25, 0.3) is 0 Å². The topological polar surface area (TPSA) is 61.9 Å². The molecule has 2 atom stereocenters. The van der Waals surface area contributed by atoms with E-state index >= 15 is 0 Å². The third kappa shape index (κ3) is 4.05. The summed E-state index contributed by atoms with van der Waals surface area (Å²) in [6.45, 7) is 1.31. The van der Waals surface area contributed by atoms with Crippen molar-refractivity contribution in [3.63, 3.8) is 0 Å². The Balaban J connectivity index is 2.12. The zero-order valence-corrected chi connectivity index (χ0v) is 13.3. The Morgan fingerprint density at radius 1 is 1.23 bits per heavy atom. The van der Waals surface area contributed by atoms with Crippen molar-refractivity contribution in [2.75, 3.05) is 40.8 Å². The van der Waals surface area contributed by atoms with Crippen LogP contribution in [0.15, 0.2) is 30.3 Å². The highest BCUT2D eigenvalue weighted by atomic mass is 16.5. The molecule has 6 heteroatoms. The quantitative estimate of drug-likeness (QED) is 0.848. The van der Waals surface area contributed by atoms with Gasteiger partial charge >= 0.3 is 0 Å². The molecule has 1 aliphatic heterocycles. The minimum Gasteiger partial charge on any atom is -0.356 e. The number of benzene rings is 1. The zero-order valence-electron chi connectivity index (χ0n) is 13.3. The highest BCUT2D eigenvalue weighted by molar-refractivity contribution is 5.86. The van der Waals surface area contributed by atoms with Crippen LogP contribution in [0.5, 0.6) is 0 Å². The van der Waals surface area contributed by atoms with Crippen molar-refractivity contribution >= 4 is 11.8 Å². The van der Waals surface area contributed by atoms with E-state index in [1.54, 1.807) is 11.9 Å². The van der Waals surface area contributed by atoms with E-state index in [0.29, 0.717) is 6.54 Å². The van der Waals surface area contributed by atoms with Gasteiger partial charge < -0.3 is 19.9 Å². The van der Waals surface area contributed by atoms with Crippen LogP contribution < -0.4 is 5.32 Å². The smallest absolute Gasteiger partial charge is 0.254 e. The maximum atomic E-state index is 12.6. The van der Waals surface area contributed by atoms with E-state index < -0.39 is 12.1 Å². The molecule has 120 valence electrons. The molecule has 2 unspecified atom stereocenters. The van der Waals surface area contributed by atoms with E-state index in [-0.39, 0.29) is 18.4 Å². The molecule has 22 heavy (non-hydrogen) atoms. The SMILES string of the molecule is CN(C)CCN(C)C(=O)C1OCC(=O)NC1c1ccccc1. The van der Waals surface area contributed by atoms with Gasteiger partial charge in [0.2, 0.25) is 5.91 Å². The van der Waals surface area contributed by atoms with E-state index in [4.69, 9.17) is 4.74 Å². The molecule has 0 radical (unpaired) electrons.